The standard InChI is InChI=1S/C22H20N6O3/c1-2-12-28-22(31)16-11-7-6-10-15(16)19(27-28)21(30)26-25-20(29)18-13-17(23-24-18)14-8-4-3-5-9-14/h3-11,13H,2,12H2,1H3,(H,23,24)(H,25,29)(H,26,30). The molecule has 0 fully saturated rings. The van der Waals surface area contributed by atoms with Crippen molar-refractivity contribution in [2.45, 2.75) is 19.9 Å². The van der Waals surface area contributed by atoms with Gasteiger partial charge in [0.1, 0.15) is 5.69 Å². The van der Waals surface area contributed by atoms with Crippen LogP contribution >= 0.6 is 0 Å². The lowest BCUT2D eigenvalue weighted by molar-refractivity contribution is 0.0841. The maximum absolute atomic E-state index is 12.8. The van der Waals surface area contributed by atoms with Crippen LogP contribution in [0.4, 0.5) is 0 Å². The van der Waals surface area contributed by atoms with Crippen LogP contribution < -0.4 is 16.4 Å². The Morgan fingerprint density at radius 3 is 2.39 bits per heavy atom. The maximum Gasteiger partial charge on any atom is 0.290 e. The van der Waals surface area contributed by atoms with Crippen molar-refractivity contribution in [2.24, 2.45) is 0 Å². The summed E-state index contributed by atoms with van der Waals surface area (Å²) in [4.78, 5) is 37.8. The second kappa shape index (κ2) is 8.62. The van der Waals surface area contributed by atoms with Crippen LogP contribution in [0.15, 0.2) is 65.5 Å². The average Bonchev–Trinajstić information content (AvgIpc) is 3.30. The molecule has 0 radical (unpaired) electrons. The van der Waals surface area contributed by atoms with Crippen molar-refractivity contribution in [3.05, 3.63) is 82.4 Å². The molecule has 4 aromatic rings. The number of fused-ring (bicyclic) bond motifs is 1. The van der Waals surface area contributed by atoms with E-state index in [1.54, 1.807) is 30.3 Å². The number of aromatic amines is 1. The Hall–Kier alpha value is -4.27. The molecule has 0 saturated carbocycles. The summed E-state index contributed by atoms with van der Waals surface area (Å²) in [5.74, 6) is -1.19. The van der Waals surface area contributed by atoms with E-state index in [0.29, 0.717) is 29.4 Å². The number of H-pyrrole nitrogens is 1. The number of nitrogens with one attached hydrogen (secondary N) is 3. The third kappa shape index (κ3) is 4.06. The summed E-state index contributed by atoms with van der Waals surface area (Å²) in [6.07, 6.45) is 0.687. The van der Waals surface area contributed by atoms with Gasteiger partial charge in [0.25, 0.3) is 17.4 Å². The fourth-order valence-corrected chi connectivity index (χ4v) is 3.20. The molecule has 31 heavy (non-hydrogen) atoms. The number of hydrogen-bond donors (Lipinski definition) is 3. The summed E-state index contributed by atoms with van der Waals surface area (Å²) >= 11 is 0. The minimum atomic E-state index is -0.628. The minimum absolute atomic E-state index is 0.0542. The predicted molar refractivity (Wildman–Crippen MR) is 115 cm³/mol. The fourth-order valence-electron chi connectivity index (χ4n) is 3.20. The van der Waals surface area contributed by atoms with E-state index in [0.717, 1.165) is 5.56 Å². The Morgan fingerprint density at radius 1 is 0.968 bits per heavy atom. The van der Waals surface area contributed by atoms with Gasteiger partial charge in [-0.2, -0.15) is 10.2 Å². The molecular weight excluding hydrogens is 396 g/mol. The van der Waals surface area contributed by atoms with Crippen molar-refractivity contribution in [2.75, 3.05) is 0 Å². The van der Waals surface area contributed by atoms with E-state index in [1.807, 2.05) is 37.3 Å². The van der Waals surface area contributed by atoms with Gasteiger partial charge < -0.3 is 0 Å². The summed E-state index contributed by atoms with van der Waals surface area (Å²) in [7, 11) is 0. The first-order chi connectivity index (χ1) is 15.1. The summed E-state index contributed by atoms with van der Waals surface area (Å²) < 4.78 is 1.26. The molecule has 2 amide bonds. The second-order valence-electron chi connectivity index (χ2n) is 6.86. The van der Waals surface area contributed by atoms with Crippen LogP contribution in [-0.2, 0) is 6.54 Å². The summed E-state index contributed by atoms with van der Waals surface area (Å²) in [6.45, 7) is 2.30. The number of benzene rings is 2. The van der Waals surface area contributed by atoms with Crippen LogP contribution in [0.1, 0.15) is 34.3 Å². The van der Waals surface area contributed by atoms with Gasteiger partial charge in [-0.15, -0.1) is 0 Å². The molecule has 0 saturated heterocycles. The smallest absolute Gasteiger partial charge is 0.272 e. The number of carbonyl (C=O) groups is 2. The Labute approximate surface area is 177 Å². The van der Waals surface area contributed by atoms with Crippen molar-refractivity contribution < 1.29 is 9.59 Å². The number of aryl methyl sites for hydroxylation is 1. The molecule has 0 unspecified atom stereocenters. The molecule has 2 heterocycles. The fraction of sp³-hybridized carbons (Fsp3) is 0.136. The van der Waals surface area contributed by atoms with E-state index in [2.05, 4.69) is 26.1 Å². The van der Waals surface area contributed by atoms with Crippen LogP contribution in [0.2, 0.25) is 0 Å². The summed E-state index contributed by atoms with van der Waals surface area (Å²) in [5.41, 5.74) is 6.17. The Balaban J connectivity index is 1.53. The van der Waals surface area contributed by atoms with Gasteiger partial charge in [-0.3, -0.25) is 30.3 Å². The molecule has 4 rings (SSSR count). The van der Waals surface area contributed by atoms with Gasteiger partial charge in [-0.1, -0.05) is 55.5 Å². The van der Waals surface area contributed by atoms with Gasteiger partial charge >= 0.3 is 0 Å². The first-order valence-electron chi connectivity index (χ1n) is 9.80. The van der Waals surface area contributed by atoms with E-state index in [9.17, 15) is 14.4 Å². The zero-order chi connectivity index (χ0) is 21.8. The molecule has 2 aromatic heterocycles. The maximum atomic E-state index is 12.8. The number of aromatic nitrogens is 4. The van der Waals surface area contributed by atoms with Gasteiger partial charge in [0.15, 0.2) is 5.69 Å². The summed E-state index contributed by atoms with van der Waals surface area (Å²) in [6, 6.07) is 17.7. The Kier molecular flexibility index (Phi) is 5.57. The third-order valence-corrected chi connectivity index (χ3v) is 4.70. The lowest BCUT2D eigenvalue weighted by atomic mass is 10.1. The highest BCUT2D eigenvalue weighted by Crippen LogP contribution is 2.17. The van der Waals surface area contributed by atoms with E-state index in [1.165, 1.54) is 4.68 Å². The van der Waals surface area contributed by atoms with Gasteiger partial charge in [0.2, 0.25) is 0 Å². The van der Waals surface area contributed by atoms with Crippen LogP contribution in [0.3, 0.4) is 0 Å². The van der Waals surface area contributed by atoms with Gasteiger partial charge in [0.05, 0.1) is 11.1 Å². The summed E-state index contributed by atoms with van der Waals surface area (Å²) in [5, 5.41) is 11.8. The highest BCUT2D eigenvalue weighted by atomic mass is 16.2. The highest BCUT2D eigenvalue weighted by Gasteiger charge is 2.18. The quantitative estimate of drug-likeness (QED) is 0.431. The van der Waals surface area contributed by atoms with Crippen molar-refractivity contribution in [1.82, 2.24) is 30.8 Å². The molecule has 0 aliphatic rings. The monoisotopic (exact) mass is 416 g/mol. The minimum Gasteiger partial charge on any atom is -0.272 e. The van der Waals surface area contributed by atoms with Crippen LogP contribution in [-0.4, -0.2) is 31.8 Å². The van der Waals surface area contributed by atoms with Gasteiger partial charge in [0, 0.05) is 17.5 Å². The van der Waals surface area contributed by atoms with Crippen LogP contribution in [0, 0.1) is 0 Å². The highest BCUT2D eigenvalue weighted by molar-refractivity contribution is 6.05. The number of hydrogen-bond acceptors (Lipinski definition) is 5. The lowest BCUT2D eigenvalue weighted by Gasteiger charge is -2.11. The van der Waals surface area contributed by atoms with Gasteiger partial charge in [-0.25, -0.2) is 4.68 Å². The van der Waals surface area contributed by atoms with Crippen molar-refractivity contribution >= 4 is 22.6 Å². The first-order valence-corrected chi connectivity index (χ1v) is 9.80. The van der Waals surface area contributed by atoms with E-state index < -0.39 is 11.8 Å². The number of carbonyl (C=O) groups excluding carboxylic acids is 2. The largest absolute Gasteiger partial charge is 0.290 e. The first kappa shape index (κ1) is 20.0. The Bertz CT molecular complexity index is 1310. The van der Waals surface area contributed by atoms with E-state index >= 15 is 0 Å². The number of amides is 2. The van der Waals surface area contributed by atoms with Crippen molar-refractivity contribution in [3.63, 3.8) is 0 Å². The molecular formula is C22H20N6O3. The number of nitrogens with zero attached hydrogens (tertiary/aromatic N) is 3. The third-order valence-electron chi connectivity index (χ3n) is 4.70. The van der Waals surface area contributed by atoms with Crippen LogP contribution in [0.5, 0.6) is 0 Å². The SMILES string of the molecule is CCCn1nc(C(=O)NNC(=O)c2cc(-c3ccccc3)n[nH]2)c2ccccc2c1=O. The average molecular weight is 416 g/mol. The lowest BCUT2D eigenvalue weighted by Crippen LogP contribution is -2.43. The normalized spacial score (nSPS) is 10.7. The zero-order valence-corrected chi connectivity index (χ0v) is 16.8. The molecule has 9 heteroatoms. The van der Waals surface area contributed by atoms with Crippen molar-refractivity contribution in [3.8, 4) is 11.3 Å². The molecule has 0 aliphatic heterocycles. The topological polar surface area (TPSA) is 122 Å². The predicted octanol–water partition coefficient (Wildman–Crippen LogP) is 2.27. The molecule has 0 bridgehead atoms. The molecule has 3 N–H and O–H groups in total. The Morgan fingerprint density at radius 2 is 1.65 bits per heavy atom. The van der Waals surface area contributed by atoms with E-state index in [4.69, 9.17) is 0 Å². The molecule has 9 nitrogen and oxygen atoms in total. The molecule has 2 aromatic carbocycles. The van der Waals surface area contributed by atoms with Crippen LogP contribution in [0.25, 0.3) is 22.0 Å². The number of rotatable bonds is 5. The molecule has 0 aliphatic carbocycles. The molecule has 156 valence electrons. The number of hydrazine groups is 1. The zero-order valence-electron chi connectivity index (χ0n) is 16.8. The van der Waals surface area contributed by atoms with Gasteiger partial charge in [-0.05, 0) is 18.6 Å². The molecule has 0 spiro atoms. The van der Waals surface area contributed by atoms with E-state index in [-0.39, 0.29) is 16.9 Å². The second-order valence-corrected chi connectivity index (χ2v) is 6.86. The van der Waals surface area contributed by atoms with Crippen molar-refractivity contribution in [1.29, 1.82) is 0 Å². The molecule has 0 atom stereocenters.